The monoisotopic (exact) mass is 421 g/mol. The van der Waals surface area contributed by atoms with Crippen LogP contribution in [0.15, 0.2) is 4.99 Å². The molecule has 3 heteroatoms. The van der Waals surface area contributed by atoms with Crippen molar-refractivity contribution < 1.29 is 9.59 Å². The fourth-order valence-corrected chi connectivity index (χ4v) is 4.17. The van der Waals surface area contributed by atoms with Gasteiger partial charge < -0.3 is 0 Å². The molecule has 0 atom stereocenters. The highest BCUT2D eigenvalue weighted by Crippen LogP contribution is 2.15. The maximum Gasteiger partial charge on any atom is 0.256 e. The van der Waals surface area contributed by atoms with E-state index in [-0.39, 0.29) is 5.91 Å². The van der Waals surface area contributed by atoms with Crippen molar-refractivity contribution in [3.05, 3.63) is 0 Å². The molecule has 0 radical (unpaired) electrons. The molecule has 0 aliphatic heterocycles. The summed E-state index contributed by atoms with van der Waals surface area (Å²) in [5.74, 6) is -0.325. The third-order valence-electron chi connectivity index (χ3n) is 6.16. The van der Waals surface area contributed by atoms with Gasteiger partial charge in [0.05, 0.1) is 0 Å². The van der Waals surface area contributed by atoms with E-state index < -0.39 is 0 Å². The summed E-state index contributed by atoms with van der Waals surface area (Å²) in [5.41, 5.74) is 0. The standard InChI is InChI=1S/C27H51NO2/c1-2-3-4-5-6-7-8-9-10-11-12-13-14-15-16-17-18-19-20-21-22-23-24-25-27(30)28-26-29/h2-25H2,1H3. The Balaban J connectivity index is 3.05. The Kier molecular flexibility index (Phi) is 25.3. The van der Waals surface area contributed by atoms with Gasteiger partial charge in [0.15, 0.2) is 0 Å². The first kappa shape index (κ1) is 29.1. The van der Waals surface area contributed by atoms with Gasteiger partial charge in [0.25, 0.3) is 5.91 Å². The minimum absolute atomic E-state index is 0.325. The van der Waals surface area contributed by atoms with Crippen molar-refractivity contribution in [2.24, 2.45) is 4.99 Å². The number of rotatable bonds is 24. The molecule has 0 aromatic carbocycles. The third-order valence-corrected chi connectivity index (χ3v) is 6.16. The van der Waals surface area contributed by atoms with E-state index in [1.165, 1.54) is 141 Å². The Morgan fingerprint density at radius 3 is 1.03 bits per heavy atom. The van der Waals surface area contributed by atoms with Crippen molar-refractivity contribution in [2.45, 2.75) is 161 Å². The van der Waals surface area contributed by atoms with Crippen LogP contribution in [0.2, 0.25) is 0 Å². The second-order valence-electron chi connectivity index (χ2n) is 9.13. The van der Waals surface area contributed by atoms with Gasteiger partial charge in [-0.2, -0.15) is 0 Å². The predicted molar refractivity (Wildman–Crippen MR) is 130 cm³/mol. The van der Waals surface area contributed by atoms with Crippen molar-refractivity contribution in [3.63, 3.8) is 0 Å². The summed E-state index contributed by atoms with van der Waals surface area (Å²) < 4.78 is 0. The molecule has 176 valence electrons. The summed E-state index contributed by atoms with van der Waals surface area (Å²) >= 11 is 0. The summed E-state index contributed by atoms with van der Waals surface area (Å²) in [6.45, 7) is 2.29. The van der Waals surface area contributed by atoms with Crippen LogP contribution in [0, 0.1) is 0 Å². The van der Waals surface area contributed by atoms with Crippen LogP contribution in [0.3, 0.4) is 0 Å². The van der Waals surface area contributed by atoms with E-state index in [0.717, 1.165) is 12.8 Å². The van der Waals surface area contributed by atoms with E-state index in [1.807, 2.05) is 0 Å². The zero-order chi connectivity index (χ0) is 22.0. The Hall–Kier alpha value is -0.950. The van der Waals surface area contributed by atoms with Crippen molar-refractivity contribution >= 4 is 12.0 Å². The molecule has 1 amide bonds. The Bertz CT molecular complexity index is 402. The Morgan fingerprint density at radius 1 is 0.500 bits per heavy atom. The minimum Gasteiger partial charge on any atom is -0.272 e. The number of hydrogen-bond acceptors (Lipinski definition) is 2. The van der Waals surface area contributed by atoms with Gasteiger partial charge in [0, 0.05) is 6.42 Å². The maximum atomic E-state index is 11.0. The molecule has 0 fully saturated rings. The van der Waals surface area contributed by atoms with Gasteiger partial charge in [-0.05, 0) is 6.42 Å². The summed E-state index contributed by atoms with van der Waals surface area (Å²) in [6, 6.07) is 0. The fraction of sp³-hybridized carbons (Fsp3) is 0.926. The van der Waals surface area contributed by atoms with Crippen molar-refractivity contribution in [3.8, 4) is 0 Å². The van der Waals surface area contributed by atoms with Gasteiger partial charge in [0.1, 0.15) is 0 Å². The lowest BCUT2D eigenvalue weighted by molar-refractivity contribution is -0.117. The van der Waals surface area contributed by atoms with Gasteiger partial charge >= 0.3 is 0 Å². The second kappa shape index (κ2) is 26.1. The van der Waals surface area contributed by atoms with Gasteiger partial charge in [-0.1, -0.05) is 148 Å². The zero-order valence-corrected chi connectivity index (χ0v) is 20.2. The van der Waals surface area contributed by atoms with E-state index in [2.05, 4.69) is 11.9 Å². The highest BCUT2D eigenvalue weighted by atomic mass is 16.2. The molecule has 0 saturated heterocycles. The van der Waals surface area contributed by atoms with Crippen LogP contribution in [0.25, 0.3) is 0 Å². The number of unbranched alkanes of at least 4 members (excludes halogenated alkanes) is 22. The van der Waals surface area contributed by atoms with Crippen LogP contribution in [0.5, 0.6) is 0 Å². The van der Waals surface area contributed by atoms with Crippen molar-refractivity contribution in [1.82, 2.24) is 0 Å². The summed E-state index contributed by atoms with van der Waals surface area (Å²) in [6.07, 6.45) is 33.1. The third kappa shape index (κ3) is 25.1. The Morgan fingerprint density at radius 2 is 0.767 bits per heavy atom. The number of nitrogens with zero attached hydrogens (tertiary/aromatic N) is 1. The molecule has 0 bridgehead atoms. The smallest absolute Gasteiger partial charge is 0.256 e. The molecule has 0 aromatic heterocycles. The number of carbonyl (C=O) groups is 1. The highest BCUT2D eigenvalue weighted by molar-refractivity contribution is 5.81. The highest BCUT2D eigenvalue weighted by Gasteiger charge is 1.99. The summed E-state index contributed by atoms with van der Waals surface area (Å²) in [7, 11) is 0. The first-order valence-corrected chi connectivity index (χ1v) is 13.4. The SMILES string of the molecule is CCCCCCCCCCCCCCCCCCCCCCCCCC(=O)N=C=O. The fourth-order valence-electron chi connectivity index (χ4n) is 4.17. The average Bonchev–Trinajstić information content (AvgIpc) is 2.74. The van der Waals surface area contributed by atoms with Crippen molar-refractivity contribution in [1.29, 1.82) is 0 Å². The minimum atomic E-state index is -0.325. The van der Waals surface area contributed by atoms with Gasteiger partial charge in [-0.25, -0.2) is 4.79 Å². The Labute approximate surface area is 187 Å². The van der Waals surface area contributed by atoms with E-state index in [4.69, 9.17) is 0 Å². The molecule has 0 rings (SSSR count). The van der Waals surface area contributed by atoms with Crippen molar-refractivity contribution in [2.75, 3.05) is 0 Å². The van der Waals surface area contributed by atoms with Crippen LogP contribution in [-0.4, -0.2) is 12.0 Å². The lowest BCUT2D eigenvalue weighted by Gasteiger charge is -2.04. The van der Waals surface area contributed by atoms with Gasteiger partial charge in [-0.3, -0.25) is 4.79 Å². The van der Waals surface area contributed by atoms with Crippen LogP contribution >= 0.6 is 0 Å². The summed E-state index contributed by atoms with van der Waals surface area (Å²) in [4.78, 5) is 24.1. The molecular formula is C27H51NO2. The molecule has 0 heterocycles. The molecule has 0 aromatic rings. The first-order chi connectivity index (χ1) is 14.8. The molecule has 0 unspecified atom stereocenters. The molecule has 0 N–H and O–H groups in total. The molecule has 0 saturated carbocycles. The van der Waals surface area contributed by atoms with Crippen LogP contribution in [0.1, 0.15) is 161 Å². The van der Waals surface area contributed by atoms with E-state index in [0.29, 0.717) is 6.42 Å². The second-order valence-corrected chi connectivity index (χ2v) is 9.13. The van der Waals surface area contributed by atoms with Gasteiger partial charge in [0.2, 0.25) is 6.08 Å². The average molecular weight is 422 g/mol. The quantitative estimate of drug-likeness (QED) is 0.0885. The van der Waals surface area contributed by atoms with Crippen LogP contribution < -0.4 is 0 Å². The van der Waals surface area contributed by atoms with E-state index in [1.54, 1.807) is 0 Å². The van der Waals surface area contributed by atoms with Gasteiger partial charge in [-0.15, -0.1) is 4.99 Å². The predicted octanol–water partition coefficient (Wildman–Crippen LogP) is 9.23. The topological polar surface area (TPSA) is 46.5 Å². The number of amides is 1. The van der Waals surface area contributed by atoms with Crippen LogP contribution in [0.4, 0.5) is 0 Å². The molecule has 0 spiro atoms. The molecular weight excluding hydrogens is 370 g/mol. The molecule has 30 heavy (non-hydrogen) atoms. The lowest BCUT2D eigenvalue weighted by atomic mass is 10.0. The van der Waals surface area contributed by atoms with E-state index >= 15 is 0 Å². The number of hydrogen-bond donors (Lipinski definition) is 0. The molecule has 0 aliphatic carbocycles. The maximum absolute atomic E-state index is 11.0. The van der Waals surface area contributed by atoms with E-state index in [9.17, 15) is 9.59 Å². The summed E-state index contributed by atoms with van der Waals surface area (Å²) in [5, 5.41) is 0. The zero-order valence-electron chi connectivity index (χ0n) is 20.2. The largest absolute Gasteiger partial charge is 0.272 e. The first-order valence-electron chi connectivity index (χ1n) is 13.4. The lowest BCUT2D eigenvalue weighted by Crippen LogP contribution is -1.92. The molecule has 3 nitrogen and oxygen atoms in total. The molecule has 0 aliphatic rings. The normalized spacial score (nSPS) is 10.8. The number of isocyanates is 1. The van der Waals surface area contributed by atoms with Crippen LogP contribution in [-0.2, 0) is 9.59 Å². The number of carbonyl (C=O) groups excluding carboxylic acids is 2. The number of aliphatic imine (C=N–C) groups is 1.